The summed E-state index contributed by atoms with van der Waals surface area (Å²) in [5, 5.41) is 12.6. The third-order valence-corrected chi connectivity index (χ3v) is 3.26. The van der Waals surface area contributed by atoms with Crippen molar-refractivity contribution >= 4 is 5.97 Å². The van der Waals surface area contributed by atoms with Crippen molar-refractivity contribution in [2.75, 3.05) is 0 Å². The molecule has 0 radical (unpaired) electrons. The molecule has 0 amide bonds. The van der Waals surface area contributed by atoms with Crippen LogP contribution in [0.4, 0.5) is 0 Å². The highest BCUT2D eigenvalue weighted by Gasteiger charge is 2.38. The van der Waals surface area contributed by atoms with Gasteiger partial charge in [0.25, 0.3) is 0 Å². The second kappa shape index (κ2) is 4.22. The Morgan fingerprint density at radius 2 is 2.38 bits per heavy atom. The molecule has 1 aliphatic rings. The number of carbonyl (C=O) groups is 1. The van der Waals surface area contributed by atoms with Crippen LogP contribution in [-0.4, -0.2) is 22.1 Å². The van der Waals surface area contributed by atoms with Crippen molar-refractivity contribution in [1.29, 1.82) is 0 Å². The first kappa shape index (κ1) is 11.1. The van der Waals surface area contributed by atoms with Crippen LogP contribution in [0.1, 0.15) is 31.7 Å². The number of pyridine rings is 1. The van der Waals surface area contributed by atoms with Crippen LogP contribution in [0.25, 0.3) is 0 Å². The largest absolute Gasteiger partial charge is 0.480 e. The van der Waals surface area contributed by atoms with Gasteiger partial charge in [0, 0.05) is 24.0 Å². The second-order valence-corrected chi connectivity index (χ2v) is 4.44. The van der Waals surface area contributed by atoms with Crippen LogP contribution in [-0.2, 0) is 10.3 Å². The molecule has 4 nitrogen and oxygen atoms in total. The minimum absolute atomic E-state index is 0.321. The SMILES string of the molecule is CC(NC1CCC1)(C(=O)O)c1cccnc1. The summed E-state index contributed by atoms with van der Waals surface area (Å²) in [5.41, 5.74) is -0.325. The zero-order valence-corrected chi connectivity index (χ0v) is 9.31. The molecule has 1 aliphatic carbocycles. The van der Waals surface area contributed by atoms with Gasteiger partial charge in [0.1, 0.15) is 5.54 Å². The maximum Gasteiger partial charge on any atom is 0.328 e. The molecule has 0 aromatic carbocycles. The lowest BCUT2D eigenvalue weighted by atomic mass is 9.86. The average molecular weight is 220 g/mol. The van der Waals surface area contributed by atoms with E-state index in [1.807, 2.05) is 0 Å². The third-order valence-electron chi connectivity index (χ3n) is 3.26. The van der Waals surface area contributed by atoms with E-state index in [4.69, 9.17) is 0 Å². The van der Waals surface area contributed by atoms with E-state index < -0.39 is 11.5 Å². The van der Waals surface area contributed by atoms with Gasteiger partial charge in [0.05, 0.1) is 0 Å². The van der Waals surface area contributed by atoms with E-state index in [0.717, 1.165) is 12.8 Å². The van der Waals surface area contributed by atoms with Crippen LogP contribution in [0.15, 0.2) is 24.5 Å². The van der Waals surface area contributed by atoms with Gasteiger partial charge in [-0.1, -0.05) is 12.5 Å². The number of carboxylic acid groups (broad SMARTS) is 1. The standard InChI is InChI=1S/C12H16N2O2/c1-12(11(15)16,14-10-5-2-6-10)9-4-3-7-13-8-9/h3-4,7-8,10,14H,2,5-6H2,1H3,(H,15,16). The van der Waals surface area contributed by atoms with Gasteiger partial charge in [-0.3, -0.25) is 10.3 Å². The highest BCUT2D eigenvalue weighted by atomic mass is 16.4. The number of nitrogens with one attached hydrogen (secondary N) is 1. The van der Waals surface area contributed by atoms with E-state index in [1.54, 1.807) is 31.5 Å². The Kier molecular flexibility index (Phi) is 2.92. The lowest BCUT2D eigenvalue weighted by Crippen LogP contribution is -2.53. The van der Waals surface area contributed by atoms with Crippen molar-refractivity contribution in [2.45, 2.75) is 37.8 Å². The predicted molar refractivity (Wildman–Crippen MR) is 60.0 cm³/mol. The van der Waals surface area contributed by atoms with Gasteiger partial charge >= 0.3 is 5.97 Å². The molecule has 2 N–H and O–H groups in total. The fourth-order valence-electron chi connectivity index (χ4n) is 1.89. The minimum atomic E-state index is -1.03. The monoisotopic (exact) mass is 220 g/mol. The molecule has 2 rings (SSSR count). The Morgan fingerprint density at radius 3 is 2.81 bits per heavy atom. The lowest BCUT2D eigenvalue weighted by Gasteiger charge is -2.36. The summed E-state index contributed by atoms with van der Waals surface area (Å²) in [6.45, 7) is 1.70. The summed E-state index contributed by atoms with van der Waals surface area (Å²) in [7, 11) is 0. The Labute approximate surface area is 94.7 Å². The van der Waals surface area contributed by atoms with Crippen LogP contribution < -0.4 is 5.32 Å². The average Bonchev–Trinajstić information content (AvgIpc) is 2.24. The highest BCUT2D eigenvalue weighted by molar-refractivity contribution is 5.80. The summed E-state index contributed by atoms with van der Waals surface area (Å²) in [4.78, 5) is 15.4. The topological polar surface area (TPSA) is 62.2 Å². The van der Waals surface area contributed by atoms with Crippen LogP contribution in [0.5, 0.6) is 0 Å². The fourth-order valence-corrected chi connectivity index (χ4v) is 1.89. The van der Waals surface area contributed by atoms with Crippen molar-refractivity contribution < 1.29 is 9.90 Å². The number of aliphatic carboxylic acids is 1. The molecule has 4 heteroatoms. The third kappa shape index (κ3) is 1.93. The number of nitrogens with zero attached hydrogens (tertiary/aromatic N) is 1. The maximum absolute atomic E-state index is 11.4. The zero-order valence-electron chi connectivity index (χ0n) is 9.31. The fraction of sp³-hybridized carbons (Fsp3) is 0.500. The molecule has 1 saturated carbocycles. The van der Waals surface area contributed by atoms with Crippen LogP contribution in [0, 0.1) is 0 Å². The number of rotatable bonds is 4. The lowest BCUT2D eigenvalue weighted by molar-refractivity contribution is -0.145. The van der Waals surface area contributed by atoms with E-state index in [1.165, 1.54) is 6.42 Å². The van der Waals surface area contributed by atoms with Crippen LogP contribution in [0.3, 0.4) is 0 Å². The first-order valence-electron chi connectivity index (χ1n) is 5.54. The van der Waals surface area contributed by atoms with Crippen molar-refractivity contribution in [3.05, 3.63) is 30.1 Å². The molecule has 0 spiro atoms. The first-order valence-corrected chi connectivity index (χ1v) is 5.54. The normalized spacial score (nSPS) is 19.8. The van der Waals surface area contributed by atoms with Gasteiger partial charge in [-0.2, -0.15) is 0 Å². The second-order valence-electron chi connectivity index (χ2n) is 4.44. The number of aromatic nitrogens is 1. The molecule has 1 aromatic rings. The summed E-state index contributed by atoms with van der Waals surface area (Å²) >= 11 is 0. The van der Waals surface area contributed by atoms with E-state index in [-0.39, 0.29) is 0 Å². The molecule has 1 aromatic heterocycles. The van der Waals surface area contributed by atoms with Gasteiger partial charge in [-0.05, 0) is 25.8 Å². The Hall–Kier alpha value is -1.42. The van der Waals surface area contributed by atoms with Gasteiger partial charge in [-0.15, -0.1) is 0 Å². The highest BCUT2D eigenvalue weighted by Crippen LogP contribution is 2.27. The van der Waals surface area contributed by atoms with Crippen molar-refractivity contribution in [1.82, 2.24) is 10.3 Å². The minimum Gasteiger partial charge on any atom is -0.480 e. The molecule has 16 heavy (non-hydrogen) atoms. The van der Waals surface area contributed by atoms with E-state index in [2.05, 4.69) is 10.3 Å². The van der Waals surface area contributed by atoms with Crippen LogP contribution in [0.2, 0.25) is 0 Å². The number of hydrogen-bond donors (Lipinski definition) is 2. The van der Waals surface area contributed by atoms with Gasteiger partial charge in [-0.25, -0.2) is 4.79 Å². The molecule has 0 saturated heterocycles. The van der Waals surface area contributed by atoms with Crippen molar-refractivity contribution in [2.24, 2.45) is 0 Å². The molecule has 1 heterocycles. The number of hydrogen-bond acceptors (Lipinski definition) is 3. The molecule has 0 aliphatic heterocycles. The van der Waals surface area contributed by atoms with Crippen LogP contribution >= 0.6 is 0 Å². The molecule has 1 fully saturated rings. The quantitative estimate of drug-likeness (QED) is 0.807. The van der Waals surface area contributed by atoms with Gasteiger partial charge in [0.2, 0.25) is 0 Å². The summed E-state index contributed by atoms with van der Waals surface area (Å²) in [5.74, 6) is -0.854. The Balaban J connectivity index is 2.24. The molecule has 1 atom stereocenters. The van der Waals surface area contributed by atoms with Crippen molar-refractivity contribution in [3.63, 3.8) is 0 Å². The Bertz CT molecular complexity index is 376. The molecule has 86 valence electrons. The molecule has 0 bridgehead atoms. The predicted octanol–water partition coefficient (Wildman–Crippen LogP) is 1.52. The first-order chi connectivity index (χ1) is 7.63. The zero-order chi connectivity index (χ0) is 11.6. The Morgan fingerprint density at radius 1 is 1.62 bits per heavy atom. The van der Waals surface area contributed by atoms with Gasteiger partial charge in [0.15, 0.2) is 0 Å². The number of carboxylic acids is 1. The smallest absolute Gasteiger partial charge is 0.328 e. The van der Waals surface area contributed by atoms with Crippen molar-refractivity contribution in [3.8, 4) is 0 Å². The summed E-state index contributed by atoms with van der Waals surface area (Å²) in [6.07, 6.45) is 6.56. The summed E-state index contributed by atoms with van der Waals surface area (Å²) < 4.78 is 0. The van der Waals surface area contributed by atoms with E-state index in [9.17, 15) is 9.90 Å². The maximum atomic E-state index is 11.4. The van der Waals surface area contributed by atoms with Gasteiger partial charge < -0.3 is 5.11 Å². The molecular formula is C12H16N2O2. The van der Waals surface area contributed by atoms with E-state index >= 15 is 0 Å². The molecule has 1 unspecified atom stereocenters. The molecular weight excluding hydrogens is 204 g/mol. The summed E-state index contributed by atoms with van der Waals surface area (Å²) in [6, 6.07) is 3.88. The van der Waals surface area contributed by atoms with E-state index in [0.29, 0.717) is 11.6 Å².